The molecule has 1 aromatic heterocycles. The number of quaternary nitrogens is 1. The van der Waals surface area contributed by atoms with Gasteiger partial charge in [0, 0.05) is 18.5 Å². The van der Waals surface area contributed by atoms with Crippen LogP contribution >= 0.6 is 23.6 Å². The van der Waals surface area contributed by atoms with Crippen LogP contribution in [0.1, 0.15) is 32.3 Å². The van der Waals surface area contributed by atoms with Gasteiger partial charge in [0.2, 0.25) is 5.13 Å². The Morgan fingerprint density at radius 1 is 1.33 bits per heavy atom. The summed E-state index contributed by atoms with van der Waals surface area (Å²) in [6.45, 7) is 7.06. The van der Waals surface area contributed by atoms with Crippen molar-refractivity contribution in [2.45, 2.75) is 39.8 Å². The van der Waals surface area contributed by atoms with Gasteiger partial charge >= 0.3 is 5.97 Å². The van der Waals surface area contributed by atoms with Crippen LogP contribution in [-0.2, 0) is 22.6 Å². The van der Waals surface area contributed by atoms with Crippen molar-refractivity contribution in [2.24, 2.45) is 5.92 Å². The van der Waals surface area contributed by atoms with Crippen molar-refractivity contribution in [3.8, 4) is 0 Å². The van der Waals surface area contributed by atoms with Crippen molar-refractivity contribution < 1.29 is 14.4 Å². The maximum absolute atomic E-state index is 11.9. The molecule has 1 aliphatic rings. The lowest BCUT2D eigenvalue weighted by molar-refractivity contribution is -0.928. The van der Waals surface area contributed by atoms with Crippen LogP contribution in [0.5, 0.6) is 0 Å². The Kier molecular flexibility index (Phi) is 6.98. The average Bonchev–Trinajstić information content (AvgIpc) is 3.02. The Balaban J connectivity index is 1.55. The first-order chi connectivity index (χ1) is 13.1. The summed E-state index contributed by atoms with van der Waals surface area (Å²) in [4.78, 5) is 13.3. The van der Waals surface area contributed by atoms with Crippen LogP contribution in [-0.4, -0.2) is 35.4 Å². The lowest BCUT2D eigenvalue weighted by Gasteiger charge is -2.27. The fourth-order valence-corrected chi connectivity index (χ4v) is 4.32. The predicted octanol–water partition coefficient (Wildman–Crippen LogP) is 2.80. The number of aryl methyl sites for hydroxylation is 1. The summed E-state index contributed by atoms with van der Waals surface area (Å²) in [5.74, 6) is -0.0113. The molecule has 8 heteroatoms. The normalized spacial score (nSPS) is 19.6. The number of benzene rings is 1. The van der Waals surface area contributed by atoms with Crippen LogP contribution in [0.3, 0.4) is 0 Å². The number of piperidine rings is 1. The van der Waals surface area contributed by atoms with E-state index in [4.69, 9.17) is 17.0 Å². The van der Waals surface area contributed by atoms with Crippen molar-refractivity contribution in [2.75, 3.05) is 25.0 Å². The second-order valence-electron chi connectivity index (χ2n) is 6.78. The van der Waals surface area contributed by atoms with Crippen molar-refractivity contribution in [3.05, 3.63) is 33.8 Å². The number of carbonyl (C=O) groups excluding carboxylic acids is 1. The van der Waals surface area contributed by atoms with Crippen LogP contribution < -0.4 is 10.2 Å². The Morgan fingerprint density at radius 3 is 2.67 bits per heavy atom. The van der Waals surface area contributed by atoms with Gasteiger partial charge in [0.15, 0.2) is 10.6 Å². The molecule has 0 aliphatic carbocycles. The number of likely N-dealkylation sites (tertiary alicyclic amines) is 1. The molecular weight excluding hydrogens is 380 g/mol. The van der Waals surface area contributed by atoms with E-state index in [1.807, 2.05) is 11.6 Å². The first-order valence-corrected chi connectivity index (χ1v) is 10.8. The standard InChI is InChI=1S/C19H26N4O2S2/c1-3-14-5-7-16(8-6-14)20-18-21-23(19(26)27-18)13-22-11-9-15(10-12-22)17(24)25-4-2/h5-8,15H,3-4,9-13H2,1-2H3,(H,20,21)/p+1. The van der Waals surface area contributed by atoms with E-state index in [9.17, 15) is 4.79 Å². The summed E-state index contributed by atoms with van der Waals surface area (Å²) in [6, 6.07) is 8.38. The van der Waals surface area contributed by atoms with Crippen LogP contribution in [0.25, 0.3) is 0 Å². The number of aromatic nitrogens is 2. The van der Waals surface area contributed by atoms with E-state index < -0.39 is 0 Å². The van der Waals surface area contributed by atoms with Crippen molar-refractivity contribution >= 4 is 40.3 Å². The van der Waals surface area contributed by atoms with E-state index in [2.05, 4.69) is 41.6 Å². The zero-order valence-corrected chi connectivity index (χ0v) is 17.5. The summed E-state index contributed by atoms with van der Waals surface area (Å²) in [5.41, 5.74) is 2.33. The third kappa shape index (κ3) is 5.37. The molecule has 0 radical (unpaired) electrons. The minimum atomic E-state index is -0.0533. The number of esters is 1. The Morgan fingerprint density at radius 2 is 2.04 bits per heavy atom. The highest BCUT2D eigenvalue weighted by molar-refractivity contribution is 7.73. The Hall–Kier alpha value is -1.77. The monoisotopic (exact) mass is 407 g/mol. The van der Waals surface area contributed by atoms with Gasteiger partial charge in [-0.25, -0.2) is 0 Å². The lowest BCUT2D eigenvalue weighted by Crippen LogP contribution is -3.12. The molecule has 0 spiro atoms. The number of hydrogen-bond donors (Lipinski definition) is 2. The molecule has 2 heterocycles. The molecule has 6 nitrogen and oxygen atoms in total. The van der Waals surface area contributed by atoms with Gasteiger partial charge in [0.05, 0.1) is 25.6 Å². The summed E-state index contributed by atoms with van der Waals surface area (Å²) >= 11 is 6.98. The molecule has 2 N–H and O–H groups in total. The summed E-state index contributed by atoms with van der Waals surface area (Å²) in [5, 5.41) is 8.78. The SMILES string of the molecule is CCOC(=O)C1CC[NH+](Cn2nc(Nc3ccc(CC)cc3)sc2=S)CC1. The van der Waals surface area contributed by atoms with E-state index >= 15 is 0 Å². The molecule has 1 saturated heterocycles. The molecule has 2 aromatic rings. The van der Waals surface area contributed by atoms with Crippen LogP contribution in [0.15, 0.2) is 24.3 Å². The highest BCUT2D eigenvalue weighted by Crippen LogP contribution is 2.20. The third-order valence-corrected chi connectivity index (χ3v) is 6.13. The number of hydrogen-bond acceptors (Lipinski definition) is 6. The third-order valence-electron chi connectivity index (χ3n) is 4.91. The molecule has 146 valence electrons. The minimum Gasteiger partial charge on any atom is -0.466 e. The Labute approximate surface area is 169 Å². The number of carbonyl (C=O) groups is 1. The van der Waals surface area contributed by atoms with Gasteiger partial charge in [-0.1, -0.05) is 30.4 Å². The second-order valence-corrected chi connectivity index (χ2v) is 8.41. The lowest BCUT2D eigenvalue weighted by atomic mass is 9.97. The van der Waals surface area contributed by atoms with Crippen LogP contribution in [0.4, 0.5) is 10.8 Å². The molecular formula is C19H27N4O2S2+. The summed E-state index contributed by atoms with van der Waals surface area (Å²) in [6.07, 6.45) is 2.75. The van der Waals surface area contributed by atoms with Gasteiger partial charge in [0.25, 0.3) is 0 Å². The predicted molar refractivity (Wildman–Crippen MR) is 110 cm³/mol. The van der Waals surface area contributed by atoms with Gasteiger partial charge in [-0.3, -0.25) is 4.79 Å². The largest absolute Gasteiger partial charge is 0.466 e. The zero-order valence-electron chi connectivity index (χ0n) is 15.9. The van der Waals surface area contributed by atoms with Crippen molar-refractivity contribution in [3.63, 3.8) is 0 Å². The fraction of sp³-hybridized carbons (Fsp3) is 0.526. The van der Waals surface area contributed by atoms with E-state index in [-0.39, 0.29) is 11.9 Å². The molecule has 1 fully saturated rings. The molecule has 3 rings (SSSR count). The maximum Gasteiger partial charge on any atom is 0.309 e. The number of anilines is 2. The molecule has 0 amide bonds. The summed E-state index contributed by atoms with van der Waals surface area (Å²) < 4.78 is 7.80. The van der Waals surface area contributed by atoms with Crippen LogP contribution in [0.2, 0.25) is 0 Å². The first kappa shape index (κ1) is 20.0. The van der Waals surface area contributed by atoms with Gasteiger partial charge in [-0.15, -0.1) is 5.10 Å². The maximum atomic E-state index is 11.9. The van der Waals surface area contributed by atoms with Crippen LogP contribution in [0, 0.1) is 9.87 Å². The number of nitrogens with zero attached hydrogens (tertiary/aromatic N) is 2. The molecule has 0 bridgehead atoms. The van der Waals surface area contributed by atoms with Crippen molar-refractivity contribution in [1.82, 2.24) is 9.78 Å². The van der Waals surface area contributed by atoms with Crippen molar-refractivity contribution in [1.29, 1.82) is 0 Å². The molecule has 0 unspecified atom stereocenters. The topological polar surface area (TPSA) is 60.6 Å². The fourth-order valence-electron chi connectivity index (χ4n) is 3.30. The highest BCUT2D eigenvalue weighted by Gasteiger charge is 2.28. The molecule has 27 heavy (non-hydrogen) atoms. The second kappa shape index (κ2) is 9.43. The molecule has 0 atom stereocenters. The number of nitrogens with one attached hydrogen (secondary N) is 2. The van der Waals surface area contributed by atoms with Gasteiger partial charge < -0.3 is 15.0 Å². The highest BCUT2D eigenvalue weighted by atomic mass is 32.1. The molecule has 1 aromatic carbocycles. The van der Waals surface area contributed by atoms with E-state index in [0.29, 0.717) is 6.61 Å². The summed E-state index contributed by atoms with van der Waals surface area (Å²) in [7, 11) is 0. The zero-order chi connectivity index (χ0) is 19.2. The smallest absolute Gasteiger partial charge is 0.309 e. The number of ether oxygens (including phenoxy) is 1. The quantitative estimate of drug-likeness (QED) is 0.546. The van der Waals surface area contributed by atoms with E-state index in [0.717, 1.165) is 53.8 Å². The van der Waals surface area contributed by atoms with Gasteiger partial charge in [-0.2, -0.15) is 4.68 Å². The van der Waals surface area contributed by atoms with E-state index in [1.54, 1.807) is 0 Å². The Bertz CT molecular complexity index is 808. The van der Waals surface area contributed by atoms with Gasteiger partial charge in [0.1, 0.15) is 0 Å². The molecule has 0 saturated carbocycles. The number of rotatable bonds is 7. The van der Waals surface area contributed by atoms with Gasteiger partial charge in [-0.05, 0) is 43.3 Å². The molecule has 1 aliphatic heterocycles. The minimum absolute atomic E-state index is 0.0421. The first-order valence-electron chi connectivity index (χ1n) is 9.53. The van der Waals surface area contributed by atoms with E-state index in [1.165, 1.54) is 21.8 Å². The average molecular weight is 408 g/mol.